The molecule has 1 aromatic rings. The Kier molecular flexibility index (Phi) is 6.32. The number of hydrogen-bond acceptors (Lipinski definition) is 4. The number of ether oxygens (including phenoxy) is 2. The lowest BCUT2D eigenvalue weighted by Crippen LogP contribution is -3.22. The van der Waals surface area contributed by atoms with Crippen LogP contribution in [0.2, 0.25) is 0 Å². The maximum atomic E-state index is 10.3. The molecule has 2 N–H and O–H groups in total. The van der Waals surface area contributed by atoms with E-state index in [4.69, 9.17) is 14.5 Å². The molecule has 2 fully saturated rings. The molecule has 5 heteroatoms. The average molecular weight is 347 g/mol. The SMILES string of the molecule is CCOc1cccc(C=NCC2([NH+]3CCOCC3)CCCCC2)c1O. The van der Waals surface area contributed by atoms with E-state index >= 15 is 0 Å². The minimum atomic E-state index is 0.185. The van der Waals surface area contributed by atoms with Gasteiger partial charge in [-0.3, -0.25) is 4.99 Å². The fraction of sp³-hybridized carbons (Fsp3) is 0.650. The van der Waals surface area contributed by atoms with Crippen molar-refractivity contribution < 1.29 is 19.5 Å². The molecule has 5 nitrogen and oxygen atoms in total. The van der Waals surface area contributed by atoms with Crippen LogP contribution < -0.4 is 9.64 Å². The number of nitrogens with one attached hydrogen (secondary N) is 1. The van der Waals surface area contributed by atoms with Crippen LogP contribution in [-0.2, 0) is 4.74 Å². The Bertz CT molecular complexity index is 576. The van der Waals surface area contributed by atoms with Crippen molar-refractivity contribution in [2.24, 2.45) is 4.99 Å². The second-order valence-electron chi connectivity index (χ2n) is 7.15. The normalized spacial score (nSPS) is 21.5. The van der Waals surface area contributed by atoms with Gasteiger partial charge in [-0.25, -0.2) is 0 Å². The number of phenolic OH excluding ortho intramolecular Hbond substituents is 1. The molecule has 0 amide bonds. The van der Waals surface area contributed by atoms with Gasteiger partial charge in [-0.15, -0.1) is 0 Å². The first-order valence-corrected chi connectivity index (χ1v) is 9.63. The van der Waals surface area contributed by atoms with E-state index < -0.39 is 0 Å². The number of para-hydroxylation sites is 1. The summed E-state index contributed by atoms with van der Waals surface area (Å²) in [5.41, 5.74) is 0.972. The molecule has 0 atom stereocenters. The van der Waals surface area contributed by atoms with Crippen LogP contribution in [-0.4, -0.2) is 56.3 Å². The van der Waals surface area contributed by atoms with E-state index in [-0.39, 0.29) is 11.3 Å². The number of hydrogen-bond donors (Lipinski definition) is 2. The van der Waals surface area contributed by atoms with E-state index in [9.17, 15) is 5.11 Å². The Morgan fingerprint density at radius 1 is 1.24 bits per heavy atom. The summed E-state index contributed by atoms with van der Waals surface area (Å²) in [7, 11) is 0. The summed E-state index contributed by atoms with van der Waals surface area (Å²) < 4.78 is 11.0. The Morgan fingerprint density at radius 3 is 2.72 bits per heavy atom. The summed E-state index contributed by atoms with van der Waals surface area (Å²) in [5, 5.41) is 10.3. The molecule has 0 spiro atoms. The fourth-order valence-electron chi connectivity index (χ4n) is 4.23. The predicted molar refractivity (Wildman–Crippen MR) is 99.1 cm³/mol. The van der Waals surface area contributed by atoms with Gasteiger partial charge in [0.25, 0.3) is 0 Å². The van der Waals surface area contributed by atoms with Crippen LogP contribution in [0.4, 0.5) is 0 Å². The van der Waals surface area contributed by atoms with Gasteiger partial charge in [0.05, 0.1) is 26.4 Å². The summed E-state index contributed by atoms with van der Waals surface area (Å²) in [4.78, 5) is 6.43. The molecule has 138 valence electrons. The highest BCUT2D eigenvalue weighted by molar-refractivity contribution is 5.84. The van der Waals surface area contributed by atoms with Gasteiger partial charge in [-0.05, 0) is 31.9 Å². The smallest absolute Gasteiger partial charge is 0.166 e. The van der Waals surface area contributed by atoms with E-state index in [0.29, 0.717) is 12.4 Å². The van der Waals surface area contributed by atoms with E-state index in [0.717, 1.165) is 38.4 Å². The molecule has 25 heavy (non-hydrogen) atoms. The first kappa shape index (κ1) is 18.2. The van der Waals surface area contributed by atoms with Crippen molar-refractivity contribution in [1.29, 1.82) is 0 Å². The Balaban J connectivity index is 1.72. The second kappa shape index (κ2) is 8.68. The van der Waals surface area contributed by atoms with E-state index in [2.05, 4.69) is 0 Å². The van der Waals surface area contributed by atoms with Crippen LogP contribution in [0.15, 0.2) is 23.2 Å². The van der Waals surface area contributed by atoms with Crippen molar-refractivity contribution >= 4 is 6.21 Å². The minimum Gasteiger partial charge on any atom is -0.504 e. The van der Waals surface area contributed by atoms with Gasteiger partial charge in [0, 0.05) is 24.6 Å². The quantitative estimate of drug-likeness (QED) is 0.772. The van der Waals surface area contributed by atoms with Crippen LogP contribution in [0, 0.1) is 0 Å². The largest absolute Gasteiger partial charge is 0.504 e. The fourth-order valence-corrected chi connectivity index (χ4v) is 4.23. The minimum absolute atomic E-state index is 0.185. The van der Waals surface area contributed by atoms with Crippen molar-refractivity contribution in [2.75, 3.05) is 39.5 Å². The highest BCUT2D eigenvalue weighted by atomic mass is 16.5. The summed E-state index contributed by atoms with van der Waals surface area (Å²) in [5.74, 6) is 0.710. The number of aromatic hydroxyl groups is 1. The highest BCUT2D eigenvalue weighted by Crippen LogP contribution is 2.29. The molecule has 1 aliphatic heterocycles. The van der Waals surface area contributed by atoms with Gasteiger partial charge in [0.15, 0.2) is 11.5 Å². The van der Waals surface area contributed by atoms with Crippen LogP contribution in [0.5, 0.6) is 11.5 Å². The zero-order valence-electron chi connectivity index (χ0n) is 15.3. The second-order valence-corrected chi connectivity index (χ2v) is 7.15. The highest BCUT2D eigenvalue weighted by Gasteiger charge is 2.42. The Labute approximate surface area is 150 Å². The Morgan fingerprint density at radius 2 is 2.00 bits per heavy atom. The third-order valence-corrected chi connectivity index (χ3v) is 5.61. The van der Waals surface area contributed by atoms with E-state index in [1.165, 1.54) is 32.1 Å². The van der Waals surface area contributed by atoms with Crippen molar-refractivity contribution in [3.05, 3.63) is 23.8 Å². The van der Waals surface area contributed by atoms with Crippen LogP contribution in [0.25, 0.3) is 0 Å². The maximum Gasteiger partial charge on any atom is 0.166 e. The Hall–Kier alpha value is -1.59. The lowest BCUT2D eigenvalue weighted by molar-refractivity contribution is -0.959. The van der Waals surface area contributed by atoms with Crippen LogP contribution in [0.3, 0.4) is 0 Å². The molecule has 1 saturated heterocycles. The van der Waals surface area contributed by atoms with Crippen LogP contribution >= 0.6 is 0 Å². The van der Waals surface area contributed by atoms with E-state index in [1.54, 1.807) is 11.0 Å². The number of aliphatic imine (C=N–C) groups is 1. The van der Waals surface area contributed by atoms with Crippen molar-refractivity contribution in [3.63, 3.8) is 0 Å². The summed E-state index contributed by atoms with van der Waals surface area (Å²) >= 11 is 0. The zero-order chi connectivity index (χ0) is 17.5. The predicted octanol–water partition coefficient (Wildman–Crippen LogP) is 1.83. The maximum absolute atomic E-state index is 10.3. The van der Waals surface area contributed by atoms with Gasteiger partial charge in [0.1, 0.15) is 18.6 Å². The topological polar surface area (TPSA) is 55.5 Å². The van der Waals surface area contributed by atoms with Gasteiger partial charge >= 0.3 is 0 Å². The number of morpholine rings is 1. The summed E-state index contributed by atoms with van der Waals surface area (Å²) in [6.45, 7) is 7.16. The molecule has 2 aliphatic rings. The van der Waals surface area contributed by atoms with Gasteiger partial charge < -0.3 is 19.5 Å². The molecular weight excluding hydrogens is 316 g/mol. The first-order chi connectivity index (χ1) is 12.2. The number of rotatable bonds is 6. The van der Waals surface area contributed by atoms with Crippen molar-refractivity contribution in [2.45, 2.75) is 44.6 Å². The molecule has 0 radical (unpaired) electrons. The third-order valence-electron chi connectivity index (χ3n) is 5.61. The molecular formula is C20H31N2O3+. The average Bonchev–Trinajstić information content (AvgIpc) is 2.66. The molecule has 3 rings (SSSR count). The molecule has 0 bridgehead atoms. The van der Waals surface area contributed by atoms with Gasteiger partial charge in [0.2, 0.25) is 0 Å². The molecule has 1 aliphatic carbocycles. The molecule has 1 saturated carbocycles. The number of quaternary nitrogens is 1. The number of phenols is 1. The lowest BCUT2D eigenvalue weighted by Gasteiger charge is -2.44. The molecule has 0 aromatic heterocycles. The third kappa shape index (κ3) is 4.33. The van der Waals surface area contributed by atoms with Crippen LogP contribution in [0.1, 0.15) is 44.6 Å². The first-order valence-electron chi connectivity index (χ1n) is 9.63. The van der Waals surface area contributed by atoms with Crippen molar-refractivity contribution in [1.82, 2.24) is 0 Å². The van der Waals surface area contributed by atoms with Gasteiger partial charge in [-0.2, -0.15) is 0 Å². The van der Waals surface area contributed by atoms with Gasteiger partial charge in [-0.1, -0.05) is 12.5 Å². The molecule has 0 unspecified atom stereocenters. The van der Waals surface area contributed by atoms with Crippen molar-refractivity contribution in [3.8, 4) is 11.5 Å². The zero-order valence-corrected chi connectivity index (χ0v) is 15.3. The molecule has 1 aromatic carbocycles. The molecule has 1 heterocycles. The summed E-state index contributed by atoms with van der Waals surface area (Å²) in [6.07, 6.45) is 8.23. The number of nitrogens with zero attached hydrogens (tertiary/aromatic N) is 1. The standard InChI is InChI=1S/C20H30N2O3/c1-2-25-18-8-6-7-17(19(18)23)15-21-16-20(9-4-3-5-10-20)22-11-13-24-14-12-22/h6-8,15,23H,2-5,9-14,16H2,1H3/p+1. The lowest BCUT2D eigenvalue weighted by atomic mass is 9.80. The number of benzene rings is 1. The van der Waals surface area contributed by atoms with E-state index in [1.807, 2.05) is 25.3 Å². The monoisotopic (exact) mass is 347 g/mol. The summed E-state index contributed by atoms with van der Waals surface area (Å²) in [6, 6.07) is 5.57.